The van der Waals surface area contributed by atoms with Crippen LogP contribution in [0.5, 0.6) is 0 Å². The van der Waals surface area contributed by atoms with Crippen LogP contribution in [0.2, 0.25) is 0 Å². The molecule has 0 fully saturated rings. The van der Waals surface area contributed by atoms with Crippen molar-refractivity contribution in [2.45, 2.75) is 497 Å². The van der Waals surface area contributed by atoms with Crippen LogP contribution in [-0.4, -0.2) is 96.7 Å². The standard InChI is InChI=1S/C91H178O17P2/c1-81(2)67-59-51-43-35-29-23-17-11-9-10-12-21-27-33-39-49-57-65-73-90(95)107-86(77-101-88(93)71-63-55-47-38-32-26-20-15-13-18-24-30-36-44-52-60-68-82(3)4)79-105-109(97,98)103-75-85(92)76-104-110(99,100)106-80-87(78-102-89(94)72-64-56-48-42-41-46-54-62-70-84(7)8)108-91(96)74-66-58-50-40-34-28-22-16-14-19-25-31-37-45-53-61-69-83(5)6/h81-87,92H,9-80H2,1-8H3,(H,97,98)(H,99,100)/t85-,86-,87-/m1/s1. The Morgan fingerprint density at radius 2 is 0.382 bits per heavy atom. The number of esters is 4. The molecule has 0 saturated carbocycles. The Hall–Kier alpha value is -1.94. The smallest absolute Gasteiger partial charge is 0.462 e. The third kappa shape index (κ3) is 84.0. The number of carbonyl (C=O) groups is 4. The summed E-state index contributed by atoms with van der Waals surface area (Å²) in [4.78, 5) is 73.4. The van der Waals surface area contributed by atoms with Gasteiger partial charge in [0, 0.05) is 25.7 Å². The molecule has 5 atom stereocenters. The van der Waals surface area contributed by atoms with Gasteiger partial charge in [-0.3, -0.25) is 37.3 Å². The van der Waals surface area contributed by atoms with Gasteiger partial charge in [0.05, 0.1) is 26.4 Å². The predicted octanol–water partition coefficient (Wildman–Crippen LogP) is 27.9. The molecule has 0 rings (SSSR count). The molecule has 0 aliphatic carbocycles. The molecule has 654 valence electrons. The van der Waals surface area contributed by atoms with Crippen molar-refractivity contribution in [3.05, 3.63) is 0 Å². The van der Waals surface area contributed by atoms with Gasteiger partial charge in [0.25, 0.3) is 0 Å². The van der Waals surface area contributed by atoms with E-state index in [1.165, 1.54) is 283 Å². The summed E-state index contributed by atoms with van der Waals surface area (Å²) in [6, 6.07) is 0. The minimum Gasteiger partial charge on any atom is -0.462 e. The third-order valence-corrected chi connectivity index (χ3v) is 23.2. The summed E-state index contributed by atoms with van der Waals surface area (Å²) in [6.07, 6.45) is 70.9. The molecular weight excluding hydrogens is 1430 g/mol. The molecule has 0 amide bonds. The van der Waals surface area contributed by atoms with Crippen LogP contribution < -0.4 is 0 Å². The van der Waals surface area contributed by atoms with Crippen molar-refractivity contribution >= 4 is 39.5 Å². The molecule has 110 heavy (non-hydrogen) atoms. The maximum absolute atomic E-state index is 13.2. The van der Waals surface area contributed by atoms with Gasteiger partial charge < -0.3 is 33.8 Å². The Balaban J connectivity index is 5.24. The van der Waals surface area contributed by atoms with Gasteiger partial charge in [-0.05, 0) is 49.4 Å². The van der Waals surface area contributed by atoms with E-state index in [0.717, 1.165) is 114 Å². The SMILES string of the molecule is CC(C)CCCCCCCCCCCCCCCCCCCCC(=O)O[C@H](COC(=O)CCCCCCCCCCCCCCCCCCC(C)C)COP(=O)(O)OC[C@@H](O)COP(=O)(O)OC[C@@H](COC(=O)CCCCCCCCCCC(C)C)OC(=O)CCCCCCCCCCCCCCCCCCC(C)C. The van der Waals surface area contributed by atoms with Gasteiger partial charge in [-0.25, -0.2) is 9.13 Å². The largest absolute Gasteiger partial charge is 0.472 e. The Morgan fingerprint density at radius 3 is 0.564 bits per heavy atom. The fourth-order valence-electron chi connectivity index (χ4n) is 14.2. The number of aliphatic hydroxyl groups excluding tert-OH is 1. The quantitative estimate of drug-likeness (QED) is 0.0222. The van der Waals surface area contributed by atoms with Crippen LogP contribution in [0.4, 0.5) is 0 Å². The molecular formula is C91H178O17P2. The molecule has 0 aromatic rings. The minimum atomic E-state index is -4.97. The fraction of sp³-hybridized carbons (Fsp3) is 0.956. The van der Waals surface area contributed by atoms with Crippen molar-refractivity contribution in [2.24, 2.45) is 23.7 Å². The number of phosphoric ester groups is 2. The molecule has 0 saturated heterocycles. The van der Waals surface area contributed by atoms with Crippen LogP contribution in [0.1, 0.15) is 479 Å². The minimum absolute atomic E-state index is 0.107. The molecule has 0 bridgehead atoms. The van der Waals surface area contributed by atoms with E-state index in [1.807, 2.05) is 0 Å². The number of unbranched alkanes of at least 4 members (excludes halogenated alkanes) is 54. The Morgan fingerprint density at radius 1 is 0.227 bits per heavy atom. The van der Waals surface area contributed by atoms with Crippen molar-refractivity contribution in [3.8, 4) is 0 Å². The van der Waals surface area contributed by atoms with Crippen molar-refractivity contribution < 1.29 is 80.2 Å². The highest BCUT2D eigenvalue weighted by atomic mass is 31.2. The lowest BCUT2D eigenvalue weighted by molar-refractivity contribution is -0.161. The van der Waals surface area contributed by atoms with Gasteiger partial charge in [-0.15, -0.1) is 0 Å². The molecule has 0 heterocycles. The lowest BCUT2D eigenvalue weighted by Gasteiger charge is -2.21. The first-order valence-electron chi connectivity index (χ1n) is 46.7. The highest BCUT2D eigenvalue weighted by Gasteiger charge is 2.31. The number of carbonyl (C=O) groups excluding carboxylic acids is 4. The first kappa shape index (κ1) is 108. The monoisotopic (exact) mass is 1610 g/mol. The highest BCUT2D eigenvalue weighted by molar-refractivity contribution is 7.47. The first-order chi connectivity index (χ1) is 53.1. The second kappa shape index (κ2) is 79.5. The molecule has 0 radical (unpaired) electrons. The van der Waals surface area contributed by atoms with E-state index in [4.69, 9.17) is 37.0 Å². The topological polar surface area (TPSA) is 237 Å². The average molecular weight is 1610 g/mol. The zero-order valence-electron chi connectivity index (χ0n) is 72.9. The number of hydrogen-bond acceptors (Lipinski definition) is 15. The van der Waals surface area contributed by atoms with Crippen LogP contribution in [0, 0.1) is 23.7 Å². The maximum atomic E-state index is 13.2. The van der Waals surface area contributed by atoms with Gasteiger partial charge >= 0.3 is 39.5 Å². The van der Waals surface area contributed by atoms with Crippen molar-refractivity contribution in [1.82, 2.24) is 0 Å². The lowest BCUT2D eigenvalue weighted by Crippen LogP contribution is -2.30. The molecule has 0 aromatic heterocycles. The second-order valence-corrected chi connectivity index (χ2v) is 37.5. The number of phosphoric acid groups is 2. The Labute approximate surface area is 677 Å². The summed E-state index contributed by atoms with van der Waals surface area (Å²) in [5.41, 5.74) is 0. The van der Waals surface area contributed by atoms with E-state index in [2.05, 4.69) is 55.4 Å². The summed E-state index contributed by atoms with van der Waals surface area (Å²) < 4.78 is 69.1. The second-order valence-electron chi connectivity index (χ2n) is 34.6. The average Bonchev–Trinajstić information content (AvgIpc) is 0.892. The van der Waals surface area contributed by atoms with Gasteiger partial charge in [0.1, 0.15) is 19.3 Å². The third-order valence-electron chi connectivity index (χ3n) is 21.3. The van der Waals surface area contributed by atoms with Crippen molar-refractivity contribution in [3.63, 3.8) is 0 Å². The normalized spacial score (nSPS) is 13.8. The van der Waals surface area contributed by atoms with E-state index in [0.29, 0.717) is 25.7 Å². The zero-order valence-corrected chi connectivity index (χ0v) is 74.7. The molecule has 3 N–H and O–H groups in total. The Kier molecular flexibility index (Phi) is 78.1. The number of aliphatic hydroxyl groups is 1. The van der Waals surface area contributed by atoms with E-state index >= 15 is 0 Å². The van der Waals surface area contributed by atoms with Crippen molar-refractivity contribution in [2.75, 3.05) is 39.6 Å². The molecule has 0 aliphatic heterocycles. The molecule has 0 aromatic carbocycles. The van der Waals surface area contributed by atoms with Crippen molar-refractivity contribution in [1.29, 1.82) is 0 Å². The van der Waals surface area contributed by atoms with Gasteiger partial charge in [0.15, 0.2) is 12.2 Å². The van der Waals surface area contributed by atoms with Gasteiger partial charge in [-0.1, -0.05) is 428 Å². The molecule has 0 spiro atoms. The summed E-state index contributed by atoms with van der Waals surface area (Å²) in [7, 11) is -9.94. The number of rotatable bonds is 88. The van der Waals surface area contributed by atoms with E-state index in [9.17, 15) is 43.2 Å². The molecule has 2 unspecified atom stereocenters. The summed E-state index contributed by atoms with van der Waals surface area (Å²) in [5.74, 6) is 1.07. The van der Waals surface area contributed by atoms with Crippen LogP contribution >= 0.6 is 15.6 Å². The van der Waals surface area contributed by atoms with Crippen LogP contribution in [0.15, 0.2) is 0 Å². The van der Waals surface area contributed by atoms with E-state index in [1.54, 1.807) is 0 Å². The van der Waals surface area contributed by atoms with Crippen LogP contribution in [0.25, 0.3) is 0 Å². The van der Waals surface area contributed by atoms with Crippen LogP contribution in [-0.2, 0) is 65.4 Å². The first-order valence-corrected chi connectivity index (χ1v) is 49.7. The van der Waals surface area contributed by atoms with E-state index < -0.39 is 97.5 Å². The van der Waals surface area contributed by atoms with Crippen LogP contribution in [0.3, 0.4) is 0 Å². The van der Waals surface area contributed by atoms with E-state index in [-0.39, 0.29) is 25.7 Å². The maximum Gasteiger partial charge on any atom is 0.472 e. The lowest BCUT2D eigenvalue weighted by atomic mass is 10.0. The zero-order chi connectivity index (χ0) is 80.9. The molecule has 17 nitrogen and oxygen atoms in total. The summed E-state index contributed by atoms with van der Waals surface area (Å²) >= 11 is 0. The highest BCUT2D eigenvalue weighted by Crippen LogP contribution is 2.45. The predicted molar refractivity (Wildman–Crippen MR) is 455 cm³/mol. The number of hydrogen-bond donors (Lipinski definition) is 3. The van der Waals surface area contributed by atoms with Gasteiger partial charge in [0.2, 0.25) is 0 Å². The summed E-state index contributed by atoms with van der Waals surface area (Å²) in [5, 5.41) is 10.7. The van der Waals surface area contributed by atoms with Gasteiger partial charge in [-0.2, -0.15) is 0 Å². The molecule has 0 aliphatic rings. The molecule has 19 heteroatoms. The fourth-order valence-corrected chi connectivity index (χ4v) is 15.8. The Bertz CT molecular complexity index is 2130. The summed E-state index contributed by atoms with van der Waals surface area (Å²) in [6.45, 7) is 14.4. The number of ether oxygens (including phenoxy) is 4.